The van der Waals surface area contributed by atoms with E-state index in [0.29, 0.717) is 0 Å². The van der Waals surface area contributed by atoms with Crippen molar-refractivity contribution in [3.63, 3.8) is 0 Å². The van der Waals surface area contributed by atoms with Crippen LogP contribution in [0.25, 0.3) is 27.6 Å². The van der Waals surface area contributed by atoms with Gasteiger partial charge in [0.05, 0.1) is 29.1 Å². The Labute approximate surface area is 254 Å². The number of anilines is 3. The first-order chi connectivity index (χ1) is 21.1. The number of benzene rings is 4. The summed E-state index contributed by atoms with van der Waals surface area (Å²) in [5.74, 6) is 2.57. The zero-order chi connectivity index (χ0) is 29.5. The fourth-order valence-electron chi connectivity index (χ4n) is 6.62. The summed E-state index contributed by atoms with van der Waals surface area (Å²) >= 11 is 0. The molecule has 2 aromatic heterocycles. The molecule has 0 radical (unpaired) electrons. The molecule has 216 valence electrons. The van der Waals surface area contributed by atoms with Gasteiger partial charge in [-0.25, -0.2) is 4.98 Å². The van der Waals surface area contributed by atoms with E-state index in [0.717, 1.165) is 60.9 Å². The van der Waals surface area contributed by atoms with Gasteiger partial charge in [0, 0.05) is 41.8 Å². The number of nitrogens with zero attached hydrogens (tertiary/aromatic N) is 4. The van der Waals surface area contributed by atoms with Crippen molar-refractivity contribution in [3.8, 4) is 17.3 Å². The minimum Gasteiger partial charge on any atom is -0.457 e. The molecule has 5 heteroatoms. The second-order valence-electron chi connectivity index (χ2n) is 11.7. The van der Waals surface area contributed by atoms with Crippen LogP contribution in [0.1, 0.15) is 43.4 Å². The fourth-order valence-corrected chi connectivity index (χ4v) is 6.62. The molecule has 5 nitrogen and oxygen atoms in total. The maximum absolute atomic E-state index is 6.58. The quantitative estimate of drug-likeness (QED) is 0.184. The van der Waals surface area contributed by atoms with Crippen molar-refractivity contribution in [3.05, 3.63) is 114 Å². The lowest BCUT2D eigenvalue weighted by atomic mass is 9.96. The summed E-state index contributed by atoms with van der Waals surface area (Å²) in [4.78, 5) is 9.47. The monoisotopic (exact) mass is 566 g/mol. The van der Waals surface area contributed by atoms with Crippen molar-refractivity contribution in [2.24, 2.45) is 0 Å². The maximum Gasteiger partial charge on any atom is 0.137 e. The van der Waals surface area contributed by atoms with Crippen molar-refractivity contribution in [2.45, 2.75) is 46.5 Å². The molecule has 4 aromatic carbocycles. The summed E-state index contributed by atoms with van der Waals surface area (Å²) in [6, 6.07) is 32.3. The van der Waals surface area contributed by atoms with Gasteiger partial charge in [-0.3, -0.25) is 4.57 Å². The van der Waals surface area contributed by atoms with Crippen molar-refractivity contribution >= 4 is 38.9 Å². The smallest absolute Gasteiger partial charge is 0.137 e. The first-order valence-corrected chi connectivity index (χ1v) is 15.4. The summed E-state index contributed by atoms with van der Waals surface area (Å²) in [6.07, 6.45) is 6.26. The summed E-state index contributed by atoms with van der Waals surface area (Å²) < 4.78 is 8.94. The number of ether oxygens (including phenoxy) is 1. The van der Waals surface area contributed by atoms with Crippen LogP contribution in [-0.4, -0.2) is 23.3 Å². The molecule has 0 amide bonds. The van der Waals surface area contributed by atoms with Crippen LogP contribution in [0.5, 0.6) is 11.5 Å². The molecule has 0 saturated heterocycles. The molecule has 1 aliphatic rings. The number of aryl methyl sites for hydroxylation is 3. The zero-order valence-electron chi connectivity index (χ0n) is 25.5. The third kappa shape index (κ3) is 4.79. The second-order valence-corrected chi connectivity index (χ2v) is 11.7. The van der Waals surface area contributed by atoms with Gasteiger partial charge < -0.3 is 14.5 Å². The second kappa shape index (κ2) is 11.1. The van der Waals surface area contributed by atoms with E-state index in [1.165, 1.54) is 44.4 Å². The molecular formula is C38H38N4O. The molecule has 3 heterocycles. The number of fused-ring (bicyclic) bond motifs is 4. The largest absolute Gasteiger partial charge is 0.457 e. The maximum atomic E-state index is 6.58. The van der Waals surface area contributed by atoms with E-state index in [-0.39, 0.29) is 0 Å². The van der Waals surface area contributed by atoms with Crippen LogP contribution in [0, 0.1) is 6.92 Å². The lowest BCUT2D eigenvalue weighted by Gasteiger charge is -2.20. The van der Waals surface area contributed by atoms with Gasteiger partial charge in [0.2, 0.25) is 0 Å². The average Bonchev–Trinajstić information content (AvgIpc) is 3.53. The zero-order valence-corrected chi connectivity index (χ0v) is 25.5. The highest BCUT2D eigenvalue weighted by Gasteiger charge is 2.24. The normalized spacial score (nSPS) is 12.8. The van der Waals surface area contributed by atoms with Crippen molar-refractivity contribution < 1.29 is 4.74 Å². The van der Waals surface area contributed by atoms with Crippen LogP contribution in [-0.2, 0) is 12.8 Å². The van der Waals surface area contributed by atoms with Gasteiger partial charge in [-0.05, 0) is 85.0 Å². The van der Waals surface area contributed by atoms with Crippen LogP contribution in [0.4, 0.5) is 17.1 Å². The predicted molar refractivity (Wildman–Crippen MR) is 180 cm³/mol. The molecule has 1 aliphatic heterocycles. The van der Waals surface area contributed by atoms with Crippen LogP contribution >= 0.6 is 0 Å². The number of hydrogen-bond donors (Lipinski definition) is 0. The Bertz CT molecular complexity index is 1960. The fraction of sp³-hybridized carbons (Fsp3) is 0.237. The standard InChI is InChI=1S/C38H38N4O/c1-5-10-27-16-18-33-32-19-17-30(24-36(32)42(38(33)31(27)11-6-2)37-22-26(3)20-21-39-37)43-29-13-9-12-28(23-29)41-25-40(4)34-14-7-8-15-35(34)41/h7-9,12-24H,5-6,10-11,25H2,1-4H3. The molecule has 0 atom stereocenters. The number of aromatic nitrogens is 2. The molecule has 6 aromatic rings. The van der Waals surface area contributed by atoms with Crippen molar-refractivity contribution in [2.75, 3.05) is 23.5 Å². The van der Waals surface area contributed by atoms with Crippen LogP contribution in [0.2, 0.25) is 0 Å². The Morgan fingerprint density at radius 2 is 1.56 bits per heavy atom. The van der Waals surface area contributed by atoms with E-state index >= 15 is 0 Å². The van der Waals surface area contributed by atoms with Gasteiger partial charge in [-0.2, -0.15) is 0 Å². The molecular weight excluding hydrogens is 528 g/mol. The molecule has 0 N–H and O–H groups in total. The Hall–Kier alpha value is -4.77. The van der Waals surface area contributed by atoms with Gasteiger partial charge >= 0.3 is 0 Å². The van der Waals surface area contributed by atoms with Crippen LogP contribution < -0.4 is 14.5 Å². The molecule has 0 spiro atoms. The van der Waals surface area contributed by atoms with Gasteiger partial charge in [0.15, 0.2) is 0 Å². The molecule has 7 rings (SSSR count). The minimum absolute atomic E-state index is 0.804. The highest BCUT2D eigenvalue weighted by Crippen LogP contribution is 2.42. The Morgan fingerprint density at radius 1 is 0.767 bits per heavy atom. The lowest BCUT2D eigenvalue weighted by Crippen LogP contribution is -2.23. The Balaban J connectivity index is 1.34. The van der Waals surface area contributed by atoms with Crippen LogP contribution in [0.15, 0.2) is 97.2 Å². The third-order valence-corrected chi connectivity index (χ3v) is 8.56. The highest BCUT2D eigenvalue weighted by molar-refractivity contribution is 6.11. The summed E-state index contributed by atoms with van der Waals surface area (Å²) in [5, 5.41) is 2.49. The van der Waals surface area contributed by atoms with E-state index in [4.69, 9.17) is 9.72 Å². The number of para-hydroxylation sites is 2. The van der Waals surface area contributed by atoms with E-state index in [1.54, 1.807) is 0 Å². The SMILES string of the molecule is CCCc1ccc2c3ccc(Oc4cccc(N5CN(C)c6ccccc65)c4)cc3n(-c3cc(C)ccn3)c2c1CCC. The average molecular weight is 567 g/mol. The number of rotatable bonds is 8. The van der Waals surface area contributed by atoms with Crippen LogP contribution in [0.3, 0.4) is 0 Å². The first-order valence-electron chi connectivity index (χ1n) is 15.4. The van der Waals surface area contributed by atoms with Gasteiger partial charge in [-0.15, -0.1) is 0 Å². The summed E-state index contributed by atoms with van der Waals surface area (Å²) in [7, 11) is 2.13. The lowest BCUT2D eigenvalue weighted by molar-refractivity contribution is 0.483. The molecule has 0 fully saturated rings. The van der Waals surface area contributed by atoms with Crippen molar-refractivity contribution in [1.29, 1.82) is 0 Å². The minimum atomic E-state index is 0.804. The number of pyridine rings is 1. The Morgan fingerprint density at radius 3 is 2.37 bits per heavy atom. The highest BCUT2D eigenvalue weighted by atomic mass is 16.5. The van der Waals surface area contributed by atoms with E-state index in [2.05, 4.69) is 127 Å². The number of hydrogen-bond acceptors (Lipinski definition) is 4. The molecule has 0 saturated carbocycles. The van der Waals surface area contributed by atoms with E-state index < -0.39 is 0 Å². The topological polar surface area (TPSA) is 33.5 Å². The van der Waals surface area contributed by atoms with Crippen molar-refractivity contribution in [1.82, 2.24) is 9.55 Å². The molecule has 0 aliphatic carbocycles. The van der Waals surface area contributed by atoms with E-state index in [9.17, 15) is 0 Å². The van der Waals surface area contributed by atoms with Gasteiger partial charge in [-0.1, -0.05) is 57.0 Å². The first kappa shape index (κ1) is 27.1. The third-order valence-electron chi connectivity index (χ3n) is 8.56. The predicted octanol–water partition coefficient (Wildman–Crippen LogP) is 9.73. The van der Waals surface area contributed by atoms with E-state index in [1.807, 2.05) is 12.3 Å². The molecule has 0 bridgehead atoms. The molecule has 0 unspecified atom stereocenters. The summed E-state index contributed by atoms with van der Waals surface area (Å²) in [6.45, 7) is 7.47. The van der Waals surface area contributed by atoms with Gasteiger partial charge in [0.1, 0.15) is 17.3 Å². The van der Waals surface area contributed by atoms with Gasteiger partial charge in [0.25, 0.3) is 0 Å². The Kier molecular flexibility index (Phi) is 7.02. The molecule has 43 heavy (non-hydrogen) atoms. The summed E-state index contributed by atoms with van der Waals surface area (Å²) in [5.41, 5.74) is 10.0.